The van der Waals surface area contributed by atoms with E-state index in [4.69, 9.17) is 9.78 Å². The lowest BCUT2D eigenvalue weighted by Crippen LogP contribution is -2.43. The second-order valence-electron chi connectivity index (χ2n) is 8.16. The van der Waals surface area contributed by atoms with E-state index in [0.29, 0.717) is 22.4 Å². The summed E-state index contributed by atoms with van der Waals surface area (Å²) < 4.78 is 0. The van der Waals surface area contributed by atoms with Crippen LogP contribution in [0.3, 0.4) is 0 Å². The molecule has 4 rings (SSSR count). The summed E-state index contributed by atoms with van der Waals surface area (Å²) in [6, 6.07) is 13.9. The Morgan fingerprint density at radius 1 is 0.931 bits per heavy atom. The lowest BCUT2D eigenvalue weighted by molar-refractivity contribution is -0.397. The van der Waals surface area contributed by atoms with Crippen LogP contribution < -0.4 is 5.32 Å². The highest BCUT2D eigenvalue weighted by atomic mass is 17.2. The van der Waals surface area contributed by atoms with Crippen molar-refractivity contribution in [3.8, 4) is 0 Å². The third kappa shape index (κ3) is 3.22. The Bertz CT molecular complexity index is 975. The second-order valence-corrected chi connectivity index (χ2v) is 8.16. The van der Waals surface area contributed by atoms with Crippen molar-refractivity contribution in [1.82, 2.24) is 4.90 Å². The highest BCUT2D eigenvalue weighted by Gasteiger charge is 2.51. The van der Waals surface area contributed by atoms with E-state index in [1.165, 1.54) is 0 Å². The molecule has 1 atom stereocenters. The molecule has 2 aliphatic rings. The molecule has 2 aromatic carbocycles. The number of para-hydroxylation sites is 1. The van der Waals surface area contributed by atoms with Gasteiger partial charge in [-0.05, 0) is 39.0 Å². The maximum absolute atomic E-state index is 13.0. The van der Waals surface area contributed by atoms with Gasteiger partial charge < -0.3 is 5.32 Å². The van der Waals surface area contributed by atoms with Crippen molar-refractivity contribution >= 4 is 23.4 Å². The Labute approximate surface area is 168 Å². The van der Waals surface area contributed by atoms with E-state index in [-0.39, 0.29) is 30.7 Å². The molecule has 150 valence electrons. The predicted octanol–water partition coefficient (Wildman–Crippen LogP) is 3.27. The summed E-state index contributed by atoms with van der Waals surface area (Å²) in [6.07, 6.45) is 0.0669. The van der Waals surface area contributed by atoms with E-state index in [1.807, 2.05) is 26.8 Å². The SMILES string of the molecule is CC(C)(C)OOC1(CCN2C(=O)c3ccccc3C2=O)C(=O)Nc2ccccc21. The molecular weight excluding hydrogens is 372 g/mol. The Kier molecular flexibility index (Phi) is 4.52. The number of amides is 3. The molecule has 29 heavy (non-hydrogen) atoms. The number of rotatable bonds is 5. The van der Waals surface area contributed by atoms with Crippen LogP contribution in [0, 0.1) is 0 Å². The molecule has 0 aliphatic carbocycles. The van der Waals surface area contributed by atoms with Gasteiger partial charge in [-0.1, -0.05) is 30.3 Å². The zero-order valence-electron chi connectivity index (χ0n) is 16.5. The molecular formula is C22H22N2O5. The normalized spacial score (nSPS) is 20.7. The fourth-order valence-electron chi connectivity index (χ4n) is 3.57. The average Bonchev–Trinajstić information content (AvgIpc) is 3.10. The number of imide groups is 1. The molecule has 3 amide bonds. The highest BCUT2D eigenvalue weighted by Crippen LogP contribution is 2.42. The molecule has 7 nitrogen and oxygen atoms in total. The number of nitrogens with one attached hydrogen (secondary N) is 1. The van der Waals surface area contributed by atoms with Crippen molar-refractivity contribution in [3.63, 3.8) is 0 Å². The molecule has 0 saturated heterocycles. The van der Waals surface area contributed by atoms with E-state index in [2.05, 4.69) is 5.32 Å². The van der Waals surface area contributed by atoms with Gasteiger partial charge in [-0.25, -0.2) is 9.78 Å². The number of anilines is 1. The van der Waals surface area contributed by atoms with E-state index < -0.39 is 11.2 Å². The van der Waals surface area contributed by atoms with Crippen molar-refractivity contribution < 1.29 is 24.2 Å². The summed E-state index contributed by atoms with van der Waals surface area (Å²) in [5.41, 5.74) is -0.132. The summed E-state index contributed by atoms with van der Waals surface area (Å²) in [4.78, 5) is 50.8. The van der Waals surface area contributed by atoms with Crippen LogP contribution >= 0.6 is 0 Å². The van der Waals surface area contributed by atoms with Gasteiger partial charge in [0.25, 0.3) is 17.7 Å². The minimum atomic E-state index is -1.46. The van der Waals surface area contributed by atoms with Gasteiger partial charge in [0.1, 0.15) is 0 Å². The first kappa shape index (κ1) is 19.3. The molecule has 0 aromatic heterocycles. The van der Waals surface area contributed by atoms with Gasteiger partial charge >= 0.3 is 0 Å². The average molecular weight is 394 g/mol. The molecule has 0 fully saturated rings. The molecule has 0 bridgehead atoms. The number of nitrogens with zero attached hydrogens (tertiary/aromatic N) is 1. The van der Waals surface area contributed by atoms with Crippen LogP contribution in [0.2, 0.25) is 0 Å². The van der Waals surface area contributed by atoms with Crippen LogP contribution in [0.15, 0.2) is 48.5 Å². The third-order valence-corrected chi connectivity index (χ3v) is 4.98. The zero-order chi connectivity index (χ0) is 20.8. The Hall–Kier alpha value is -3.03. The standard InChI is InChI=1S/C22H22N2O5/c1-21(2,3)28-29-22(16-10-6-7-11-17(16)23-20(22)27)12-13-24-18(25)14-8-4-5-9-15(14)19(24)26/h4-11H,12-13H2,1-3H3,(H,23,27). The van der Waals surface area contributed by atoms with Crippen LogP contribution in [0.5, 0.6) is 0 Å². The monoisotopic (exact) mass is 394 g/mol. The number of fused-ring (bicyclic) bond motifs is 2. The first-order chi connectivity index (χ1) is 13.7. The highest BCUT2D eigenvalue weighted by molar-refractivity contribution is 6.21. The summed E-state index contributed by atoms with van der Waals surface area (Å²) in [6.45, 7) is 5.44. The van der Waals surface area contributed by atoms with Gasteiger partial charge in [0.15, 0.2) is 0 Å². The number of benzene rings is 2. The Balaban J connectivity index is 1.64. The predicted molar refractivity (Wildman–Crippen MR) is 105 cm³/mol. The fourth-order valence-corrected chi connectivity index (χ4v) is 3.57. The first-order valence-electron chi connectivity index (χ1n) is 9.46. The zero-order valence-corrected chi connectivity index (χ0v) is 16.5. The molecule has 2 aliphatic heterocycles. The van der Waals surface area contributed by atoms with E-state index >= 15 is 0 Å². The van der Waals surface area contributed by atoms with Crippen molar-refractivity contribution in [1.29, 1.82) is 0 Å². The quantitative estimate of drug-likeness (QED) is 0.478. The molecule has 1 unspecified atom stereocenters. The van der Waals surface area contributed by atoms with Gasteiger partial charge in [-0.2, -0.15) is 0 Å². The summed E-state index contributed by atoms with van der Waals surface area (Å²) in [5, 5.41) is 2.81. The lowest BCUT2D eigenvalue weighted by atomic mass is 9.91. The minimum absolute atomic E-state index is 0.0155. The number of carbonyl (C=O) groups is 3. The van der Waals surface area contributed by atoms with Gasteiger partial charge in [0.2, 0.25) is 5.60 Å². The minimum Gasteiger partial charge on any atom is -0.323 e. The molecule has 2 heterocycles. The number of hydrogen-bond acceptors (Lipinski definition) is 5. The molecule has 1 N–H and O–H groups in total. The molecule has 0 radical (unpaired) electrons. The van der Waals surface area contributed by atoms with E-state index in [1.54, 1.807) is 42.5 Å². The lowest BCUT2D eigenvalue weighted by Gasteiger charge is -2.31. The number of carbonyl (C=O) groups excluding carboxylic acids is 3. The van der Waals surface area contributed by atoms with Crippen molar-refractivity contribution in [2.75, 3.05) is 11.9 Å². The second kappa shape index (κ2) is 6.79. The summed E-state index contributed by atoms with van der Waals surface area (Å²) >= 11 is 0. The van der Waals surface area contributed by atoms with Crippen molar-refractivity contribution in [3.05, 3.63) is 65.2 Å². The van der Waals surface area contributed by atoms with Gasteiger partial charge in [0.05, 0.1) is 16.7 Å². The number of hydrogen-bond donors (Lipinski definition) is 1. The molecule has 7 heteroatoms. The van der Waals surface area contributed by atoms with Crippen LogP contribution in [0.25, 0.3) is 0 Å². The van der Waals surface area contributed by atoms with Crippen LogP contribution in [-0.2, 0) is 20.2 Å². The smallest absolute Gasteiger partial charge is 0.264 e. The topological polar surface area (TPSA) is 84.9 Å². The molecule has 0 spiro atoms. The summed E-state index contributed by atoms with van der Waals surface area (Å²) in [5.74, 6) is -1.13. The van der Waals surface area contributed by atoms with Crippen LogP contribution in [0.4, 0.5) is 5.69 Å². The van der Waals surface area contributed by atoms with Crippen molar-refractivity contribution in [2.45, 2.75) is 38.4 Å². The van der Waals surface area contributed by atoms with Crippen LogP contribution in [0.1, 0.15) is 53.5 Å². The maximum Gasteiger partial charge on any atom is 0.264 e. The first-order valence-corrected chi connectivity index (χ1v) is 9.46. The Morgan fingerprint density at radius 2 is 1.52 bits per heavy atom. The largest absolute Gasteiger partial charge is 0.323 e. The maximum atomic E-state index is 13.0. The third-order valence-electron chi connectivity index (χ3n) is 4.98. The molecule has 2 aromatic rings. The van der Waals surface area contributed by atoms with Crippen molar-refractivity contribution in [2.24, 2.45) is 0 Å². The summed E-state index contributed by atoms with van der Waals surface area (Å²) in [7, 11) is 0. The Morgan fingerprint density at radius 3 is 2.14 bits per heavy atom. The van der Waals surface area contributed by atoms with E-state index in [9.17, 15) is 14.4 Å². The van der Waals surface area contributed by atoms with Gasteiger partial charge in [-0.3, -0.25) is 19.3 Å². The van der Waals surface area contributed by atoms with E-state index in [0.717, 1.165) is 4.90 Å². The van der Waals surface area contributed by atoms with Gasteiger partial charge in [0, 0.05) is 24.2 Å². The van der Waals surface area contributed by atoms with Gasteiger partial charge in [-0.15, -0.1) is 0 Å². The fraction of sp³-hybridized carbons (Fsp3) is 0.318. The van der Waals surface area contributed by atoms with Crippen LogP contribution in [-0.4, -0.2) is 34.8 Å². The molecule has 0 saturated carbocycles.